The number of rotatable bonds is 5. The highest BCUT2D eigenvalue weighted by atomic mass is 16.4. The van der Waals surface area contributed by atoms with E-state index in [1.807, 2.05) is 6.92 Å². The van der Waals surface area contributed by atoms with Gasteiger partial charge in [0, 0.05) is 23.0 Å². The van der Waals surface area contributed by atoms with E-state index >= 15 is 0 Å². The lowest BCUT2D eigenvalue weighted by Crippen LogP contribution is -2.34. The van der Waals surface area contributed by atoms with E-state index in [4.69, 9.17) is 10.0 Å². The van der Waals surface area contributed by atoms with Crippen LogP contribution in [0.1, 0.15) is 32.2 Å². The van der Waals surface area contributed by atoms with Crippen LogP contribution in [0.3, 0.4) is 0 Å². The van der Waals surface area contributed by atoms with Crippen molar-refractivity contribution in [2.24, 2.45) is 0 Å². The van der Waals surface area contributed by atoms with Crippen molar-refractivity contribution in [1.82, 2.24) is 15.3 Å². The first-order valence-corrected chi connectivity index (χ1v) is 6.53. The van der Waals surface area contributed by atoms with Crippen molar-refractivity contribution in [2.75, 3.05) is 0 Å². The number of carbonyl (C=O) groups is 2. The van der Waals surface area contributed by atoms with Crippen LogP contribution >= 0.6 is 0 Å². The van der Waals surface area contributed by atoms with Gasteiger partial charge >= 0.3 is 7.12 Å². The molecule has 0 unspecified atom stereocenters. The minimum absolute atomic E-state index is 0.0496. The summed E-state index contributed by atoms with van der Waals surface area (Å²) in [6.07, 6.45) is 2.07. The molecule has 1 amide bonds. The molecule has 0 bridgehead atoms. The molecule has 2 rings (SSSR count). The molecule has 0 saturated carbocycles. The molecule has 3 N–H and O–H groups in total. The van der Waals surface area contributed by atoms with Gasteiger partial charge in [-0.25, -0.2) is 9.97 Å². The van der Waals surface area contributed by atoms with Crippen LogP contribution in [0.2, 0.25) is 0 Å². The zero-order valence-corrected chi connectivity index (χ0v) is 11.9. The molecule has 1 aromatic carbocycles. The Morgan fingerprint density at radius 1 is 1.36 bits per heavy atom. The van der Waals surface area contributed by atoms with Gasteiger partial charge < -0.3 is 15.4 Å². The number of amides is 1. The van der Waals surface area contributed by atoms with Crippen LogP contribution in [0.15, 0.2) is 30.5 Å². The SMILES string of the molecule is Cc1ccnc(CNC(=O)c2ccc(B(O)O)c(C=O)c2)n1. The van der Waals surface area contributed by atoms with E-state index in [2.05, 4.69) is 15.3 Å². The molecule has 2 aromatic rings. The second kappa shape index (κ2) is 6.92. The molecule has 0 aliphatic carbocycles. The standard InChI is InChI=1S/C14H14BN3O4/c1-9-4-5-16-13(18-9)7-17-14(20)10-2-3-12(15(21)22)11(6-10)8-19/h2-6,8,21-22H,7H2,1H3,(H,17,20). The highest BCUT2D eigenvalue weighted by Gasteiger charge is 2.17. The first-order valence-electron chi connectivity index (χ1n) is 6.53. The highest BCUT2D eigenvalue weighted by molar-refractivity contribution is 6.60. The minimum Gasteiger partial charge on any atom is -0.423 e. The maximum absolute atomic E-state index is 12.0. The fourth-order valence-corrected chi connectivity index (χ4v) is 1.90. The fraction of sp³-hybridized carbons (Fsp3) is 0.143. The first-order chi connectivity index (χ1) is 10.5. The van der Waals surface area contributed by atoms with Crippen molar-refractivity contribution in [3.63, 3.8) is 0 Å². The number of nitrogens with zero attached hydrogens (tertiary/aromatic N) is 2. The third-order valence-electron chi connectivity index (χ3n) is 3.01. The van der Waals surface area contributed by atoms with Crippen LogP contribution in [0, 0.1) is 6.92 Å². The van der Waals surface area contributed by atoms with E-state index in [1.54, 1.807) is 12.3 Å². The first kappa shape index (κ1) is 15.8. The van der Waals surface area contributed by atoms with E-state index in [9.17, 15) is 9.59 Å². The third-order valence-corrected chi connectivity index (χ3v) is 3.01. The summed E-state index contributed by atoms with van der Waals surface area (Å²) in [5.41, 5.74) is 1.13. The number of benzene rings is 1. The Balaban J connectivity index is 2.11. The zero-order chi connectivity index (χ0) is 16.1. The van der Waals surface area contributed by atoms with Crippen LogP contribution in [0.25, 0.3) is 0 Å². The van der Waals surface area contributed by atoms with Crippen molar-refractivity contribution in [2.45, 2.75) is 13.5 Å². The Labute approximate surface area is 127 Å². The molecule has 1 heterocycles. The van der Waals surface area contributed by atoms with Crippen LogP contribution < -0.4 is 10.8 Å². The van der Waals surface area contributed by atoms with Gasteiger partial charge in [0.25, 0.3) is 5.91 Å². The van der Waals surface area contributed by atoms with Crippen molar-refractivity contribution in [3.05, 3.63) is 53.1 Å². The maximum atomic E-state index is 12.0. The lowest BCUT2D eigenvalue weighted by atomic mass is 9.77. The Hall–Kier alpha value is -2.58. The molecule has 0 radical (unpaired) electrons. The Kier molecular flexibility index (Phi) is 4.97. The summed E-state index contributed by atoms with van der Waals surface area (Å²) in [4.78, 5) is 31.2. The summed E-state index contributed by atoms with van der Waals surface area (Å²) in [5, 5.41) is 20.9. The second-order valence-electron chi connectivity index (χ2n) is 4.63. The van der Waals surface area contributed by atoms with Gasteiger partial charge in [0.2, 0.25) is 0 Å². The quantitative estimate of drug-likeness (QED) is 0.492. The summed E-state index contributed by atoms with van der Waals surface area (Å²) in [5.74, 6) is 0.0681. The van der Waals surface area contributed by atoms with Crippen LogP contribution in [-0.4, -0.2) is 39.3 Å². The zero-order valence-electron chi connectivity index (χ0n) is 11.9. The molecule has 8 heteroatoms. The molecule has 0 aliphatic rings. The highest BCUT2D eigenvalue weighted by Crippen LogP contribution is 2.03. The second-order valence-corrected chi connectivity index (χ2v) is 4.63. The summed E-state index contributed by atoms with van der Waals surface area (Å²) in [6, 6.07) is 5.79. The topological polar surface area (TPSA) is 112 Å². The van der Waals surface area contributed by atoms with E-state index in [1.165, 1.54) is 18.2 Å². The summed E-state index contributed by atoms with van der Waals surface area (Å²) < 4.78 is 0. The number of aryl methyl sites for hydroxylation is 1. The Bertz CT molecular complexity index is 706. The molecule has 1 aromatic heterocycles. The molecule has 0 fully saturated rings. The van der Waals surface area contributed by atoms with Gasteiger partial charge in [0.05, 0.1) is 6.54 Å². The van der Waals surface area contributed by atoms with Gasteiger partial charge in [-0.2, -0.15) is 0 Å². The maximum Gasteiger partial charge on any atom is 0.489 e. The third kappa shape index (κ3) is 3.75. The summed E-state index contributed by atoms with van der Waals surface area (Å²) in [6.45, 7) is 1.98. The average Bonchev–Trinajstić information content (AvgIpc) is 2.51. The molecular formula is C14H14BN3O4. The van der Waals surface area contributed by atoms with E-state index in [0.29, 0.717) is 12.1 Å². The van der Waals surface area contributed by atoms with Gasteiger partial charge in [0.15, 0.2) is 0 Å². The number of carbonyl (C=O) groups excluding carboxylic acids is 2. The monoisotopic (exact) mass is 299 g/mol. The lowest BCUT2D eigenvalue weighted by Gasteiger charge is -2.08. The molecule has 112 valence electrons. The van der Waals surface area contributed by atoms with Gasteiger partial charge in [-0.1, -0.05) is 6.07 Å². The normalized spacial score (nSPS) is 10.1. The van der Waals surface area contributed by atoms with E-state index < -0.39 is 13.0 Å². The lowest BCUT2D eigenvalue weighted by molar-refractivity contribution is 0.0950. The minimum atomic E-state index is -1.77. The van der Waals surface area contributed by atoms with Crippen molar-refractivity contribution >= 4 is 24.8 Å². The van der Waals surface area contributed by atoms with Gasteiger partial charge in [-0.3, -0.25) is 9.59 Å². The Morgan fingerprint density at radius 2 is 2.14 bits per heavy atom. The molecule has 7 nitrogen and oxygen atoms in total. The van der Waals surface area contributed by atoms with Crippen molar-refractivity contribution in [3.8, 4) is 0 Å². The number of hydrogen-bond donors (Lipinski definition) is 3. The predicted molar refractivity (Wildman–Crippen MR) is 79.6 cm³/mol. The van der Waals surface area contributed by atoms with E-state index in [-0.39, 0.29) is 23.1 Å². The molecule has 0 spiro atoms. The molecule has 0 aliphatic heterocycles. The number of aromatic nitrogens is 2. The smallest absolute Gasteiger partial charge is 0.423 e. The number of nitrogens with one attached hydrogen (secondary N) is 1. The largest absolute Gasteiger partial charge is 0.489 e. The molecule has 0 saturated heterocycles. The molecule has 0 atom stereocenters. The van der Waals surface area contributed by atoms with E-state index in [0.717, 1.165) is 5.69 Å². The fourth-order valence-electron chi connectivity index (χ4n) is 1.90. The van der Waals surface area contributed by atoms with Gasteiger partial charge in [-0.05, 0) is 30.6 Å². The average molecular weight is 299 g/mol. The van der Waals surface area contributed by atoms with Gasteiger partial charge in [-0.15, -0.1) is 0 Å². The van der Waals surface area contributed by atoms with Crippen molar-refractivity contribution < 1.29 is 19.6 Å². The number of aldehydes is 1. The van der Waals surface area contributed by atoms with Crippen LogP contribution in [0.5, 0.6) is 0 Å². The number of hydrogen-bond acceptors (Lipinski definition) is 6. The van der Waals surface area contributed by atoms with Gasteiger partial charge in [0.1, 0.15) is 12.1 Å². The van der Waals surface area contributed by atoms with Crippen molar-refractivity contribution in [1.29, 1.82) is 0 Å². The Morgan fingerprint density at radius 3 is 2.77 bits per heavy atom. The van der Waals surface area contributed by atoms with Crippen LogP contribution in [-0.2, 0) is 6.54 Å². The molecule has 22 heavy (non-hydrogen) atoms. The molecular weight excluding hydrogens is 285 g/mol. The summed E-state index contributed by atoms with van der Waals surface area (Å²) in [7, 11) is -1.77. The summed E-state index contributed by atoms with van der Waals surface area (Å²) >= 11 is 0. The van der Waals surface area contributed by atoms with Crippen LogP contribution in [0.4, 0.5) is 0 Å². The predicted octanol–water partition coefficient (Wildman–Crippen LogP) is -0.793.